The zero-order valence-corrected chi connectivity index (χ0v) is 13.7. The number of aliphatic carboxylic acids is 1. The van der Waals surface area contributed by atoms with Crippen molar-refractivity contribution in [3.63, 3.8) is 0 Å². The third-order valence-electron chi connectivity index (χ3n) is 3.72. The van der Waals surface area contributed by atoms with Gasteiger partial charge in [-0.3, -0.25) is 4.79 Å². The van der Waals surface area contributed by atoms with Crippen molar-refractivity contribution in [2.24, 2.45) is 0 Å². The summed E-state index contributed by atoms with van der Waals surface area (Å²) in [5.74, 6) is 0.287. The van der Waals surface area contributed by atoms with Gasteiger partial charge in [0.15, 0.2) is 11.9 Å². The Morgan fingerprint density at radius 2 is 1.84 bits per heavy atom. The summed E-state index contributed by atoms with van der Waals surface area (Å²) in [6.07, 6.45) is 0.645. The van der Waals surface area contributed by atoms with Gasteiger partial charge in [-0.2, -0.15) is 0 Å². The number of hydrogen-bond donors (Lipinski definition) is 1. The van der Waals surface area contributed by atoms with E-state index < -0.39 is 12.1 Å². The summed E-state index contributed by atoms with van der Waals surface area (Å²) in [7, 11) is 1.58. The Hall–Kier alpha value is -3.28. The van der Waals surface area contributed by atoms with Gasteiger partial charge in [-0.1, -0.05) is 12.1 Å². The van der Waals surface area contributed by atoms with Gasteiger partial charge in [-0.05, 0) is 42.8 Å². The molecule has 128 valence electrons. The van der Waals surface area contributed by atoms with Gasteiger partial charge in [0.05, 0.1) is 12.7 Å². The van der Waals surface area contributed by atoms with E-state index in [2.05, 4.69) is 0 Å². The van der Waals surface area contributed by atoms with Gasteiger partial charge in [0.25, 0.3) is 0 Å². The standard InChI is InChI=1S/C19H16O6/c1-11(19(21)22)24-14-7-8-15-16(10-14)25-17(18(15)20)9-12-3-5-13(23-2)6-4-12/h3-11H,1-2H3,(H,21,22)/t11-/m1/s1. The first kappa shape index (κ1) is 16.6. The molecule has 0 aliphatic carbocycles. The van der Waals surface area contributed by atoms with Crippen LogP contribution in [-0.4, -0.2) is 30.1 Å². The van der Waals surface area contributed by atoms with Crippen LogP contribution in [0.1, 0.15) is 22.8 Å². The summed E-state index contributed by atoms with van der Waals surface area (Å²) >= 11 is 0. The fourth-order valence-corrected chi connectivity index (χ4v) is 2.35. The minimum atomic E-state index is -1.07. The predicted octanol–water partition coefficient (Wildman–Crippen LogP) is 3.16. The summed E-state index contributed by atoms with van der Waals surface area (Å²) in [4.78, 5) is 23.3. The Balaban J connectivity index is 1.82. The van der Waals surface area contributed by atoms with Crippen LogP contribution in [0, 0.1) is 0 Å². The number of methoxy groups -OCH3 is 1. The second kappa shape index (κ2) is 6.68. The van der Waals surface area contributed by atoms with E-state index in [4.69, 9.17) is 19.3 Å². The zero-order valence-electron chi connectivity index (χ0n) is 13.7. The van der Waals surface area contributed by atoms with E-state index in [1.54, 1.807) is 37.5 Å². The number of ether oxygens (including phenoxy) is 3. The Morgan fingerprint density at radius 1 is 1.16 bits per heavy atom. The molecule has 0 bridgehead atoms. The first-order valence-corrected chi connectivity index (χ1v) is 7.60. The number of hydrogen-bond acceptors (Lipinski definition) is 5. The fraction of sp³-hybridized carbons (Fsp3) is 0.158. The van der Waals surface area contributed by atoms with Crippen LogP contribution < -0.4 is 14.2 Å². The number of carbonyl (C=O) groups is 2. The molecule has 1 atom stereocenters. The molecule has 1 aliphatic heterocycles. The van der Waals surface area contributed by atoms with E-state index in [9.17, 15) is 9.59 Å². The average Bonchev–Trinajstić information content (AvgIpc) is 2.91. The largest absolute Gasteiger partial charge is 0.497 e. The quantitative estimate of drug-likeness (QED) is 0.842. The highest BCUT2D eigenvalue weighted by Crippen LogP contribution is 2.35. The maximum atomic E-state index is 12.4. The van der Waals surface area contributed by atoms with Crippen molar-refractivity contribution in [3.8, 4) is 17.2 Å². The molecule has 0 spiro atoms. The van der Waals surface area contributed by atoms with Crippen LogP contribution in [0.5, 0.6) is 17.2 Å². The van der Waals surface area contributed by atoms with E-state index in [0.717, 1.165) is 11.3 Å². The molecular formula is C19H16O6. The van der Waals surface area contributed by atoms with Crippen molar-refractivity contribution in [3.05, 3.63) is 59.4 Å². The Morgan fingerprint density at radius 3 is 2.48 bits per heavy atom. The molecule has 2 aromatic carbocycles. The molecule has 1 aliphatic rings. The third-order valence-corrected chi connectivity index (χ3v) is 3.72. The number of benzene rings is 2. The number of carbonyl (C=O) groups excluding carboxylic acids is 1. The highest BCUT2D eigenvalue weighted by atomic mass is 16.5. The van der Waals surface area contributed by atoms with E-state index in [0.29, 0.717) is 17.1 Å². The topological polar surface area (TPSA) is 82.1 Å². The molecule has 0 saturated heterocycles. The minimum absolute atomic E-state index is 0.198. The zero-order chi connectivity index (χ0) is 18.0. The van der Waals surface area contributed by atoms with Gasteiger partial charge < -0.3 is 19.3 Å². The smallest absolute Gasteiger partial charge is 0.344 e. The van der Waals surface area contributed by atoms with Crippen molar-refractivity contribution in [2.75, 3.05) is 7.11 Å². The highest BCUT2D eigenvalue weighted by molar-refractivity contribution is 6.14. The van der Waals surface area contributed by atoms with Crippen molar-refractivity contribution in [1.82, 2.24) is 0 Å². The number of carboxylic acids is 1. The molecule has 0 saturated carbocycles. The van der Waals surface area contributed by atoms with Crippen molar-refractivity contribution in [1.29, 1.82) is 0 Å². The SMILES string of the molecule is COc1ccc(C=C2Oc3cc(O[C@H](C)C(=O)O)ccc3C2=O)cc1. The Kier molecular flexibility index (Phi) is 4.43. The lowest BCUT2D eigenvalue weighted by Gasteiger charge is -2.10. The fourth-order valence-electron chi connectivity index (χ4n) is 2.35. The predicted molar refractivity (Wildman–Crippen MR) is 90.1 cm³/mol. The number of rotatable bonds is 5. The molecule has 2 aromatic rings. The van der Waals surface area contributed by atoms with Gasteiger partial charge in [0, 0.05) is 6.07 Å². The molecule has 0 amide bonds. The lowest BCUT2D eigenvalue weighted by atomic mass is 10.1. The van der Waals surface area contributed by atoms with Gasteiger partial charge in [0.1, 0.15) is 17.2 Å². The van der Waals surface area contributed by atoms with Crippen LogP contribution in [0.2, 0.25) is 0 Å². The van der Waals surface area contributed by atoms with Crippen LogP contribution in [0.4, 0.5) is 0 Å². The Bertz CT molecular complexity index is 851. The van der Waals surface area contributed by atoms with E-state index in [-0.39, 0.29) is 11.5 Å². The van der Waals surface area contributed by atoms with E-state index in [1.165, 1.54) is 13.0 Å². The number of ketones is 1. The van der Waals surface area contributed by atoms with Gasteiger partial charge in [0.2, 0.25) is 5.78 Å². The normalized spacial score (nSPS) is 15.4. The van der Waals surface area contributed by atoms with Gasteiger partial charge in [-0.15, -0.1) is 0 Å². The second-order valence-electron chi connectivity index (χ2n) is 5.47. The van der Waals surface area contributed by atoms with Gasteiger partial charge in [-0.25, -0.2) is 4.79 Å². The molecule has 6 heteroatoms. The van der Waals surface area contributed by atoms with Crippen LogP contribution >= 0.6 is 0 Å². The molecule has 0 unspecified atom stereocenters. The van der Waals surface area contributed by atoms with Crippen molar-refractivity contribution >= 4 is 17.8 Å². The average molecular weight is 340 g/mol. The molecule has 25 heavy (non-hydrogen) atoms. The molecule has 6 nitrogen and oxygen atoms in total. The molecule has 1 heterocycles. The molecule has 0 radical (unpaired) electrons. The van der Waals surface area contributed by atoms with Crippen LogP contribution in [0.15, 0.2) is 48.2 Å². The first-order chi connectivity index (χ1) is 12.0. The molecular weight excluding hydrogens is 324 g/mol. The summed E-state index contributed by atoms with van der Waals surface area (Å²) in [6, 6.07) is 11.8. The maximum Gasteiger partial charge on any atom is 0.344 e. The first-order valence-electron chi connectivity index (χ1n) is 7.60. The van der Waals surface area contributed by atoms with E-state index in [1.807, 2.05) is 12.1 Å². The molecule has 3 rings (SSSR count). The number of fused-ring (bicyclic) bond motifs is 1. The van der Waals surface area contributed by atoms with Crippen molar-refractivity contribution in [2.45, 2.75) is 13.0 Å². The summed E-state index contributed by atoms with van der Waals surface area (Å²) in [6.45, 7) is 1.43. The monoisotopic (exact) mass is 340 g/mol. The highest BCUT2D eigenvalue weighted by Gasteiger charge is 2.28. The second-order valence-corrected chi connectivity index (χ2v) is 5.47. The van der Waals surface area contributed by atoms with Crippen molar-refractivity contribution < 1.29 is 28.9 Å². The van der Waals surface area contributed by atoms with Crippen LogP contribution in [-0.2, 0) is 4.79 Å². The molecule has 0 fully saturated rings. The van der Waals surface area contributed by atoms with Crippen LogP contribution in [0.3, 0.4) is 0 Å². The van der Waals surface area contributed by atoms with Crippen LogP contribution in [0.25, 0.3) is 6.08 Å². The lowest BCUT2D eigenvalue weighted by molar-refractivity contribution is -0.144. The summed E-state index contributed by atoms with van der Waals surface area (Å²) in [5.41, 5.74) is 1.21. The lowest BCUT2D eigenvalue weighted by Crippen LogP contribution is -2.22. The number of carboxylic acid groups (broad SMARTS) is 1. The minimum Gasteiger partial charge on any atom is -0.497 e. The summed E-state index contributed by atoms with van der Waals surface area (Å²) in [5, 5.41) is 8.89. The van der Waals surface area contributed by atoms with Gasteiger partial charge >= 0.3 is 5.97 Å². The molecule has 1 N–H and O–H groups in total. The maximum absolute atomic E-state index is 12.4. The summed E-state index contributed by atoms with van der Waals surface area (Å²) < 4.78 is 16.0. The number of allylic oxidation sites excluding steroid dienone is 1. The third kappa shape index (κ3) is 3.47. The Labute approximate surface area is 144 Å². The number of Topliss-reactive ketones (excluding diaryl/α,β-unsaturated/α-hetero) is 1. The molecule has 0 aromatic heterocycles. The van der Waals surface area contributed by atoms with E-state index >= 15 is 0 Å².